The van der Waals surface area contributed by atoms with Crippen molar-refractivity contribution in [2.75, 3.05) is 13.2 Å². The standard InChI is InChI=1S/C22H24FNO4/c23-14-8-9-17-16(11-14)20(25)18-19(13-5-2-1-3-6-13)24(22(26)21(18)28-17)12-15-7-4-10-27-15/h1-3,5-6,14-17,19H,4,7-12H2. The number of hydrogen-bond acceptors (Lipinski definition) is 4. The second-order valence-electron chi connectivity index (χ2n) is 8.19. The van der Waals surface area contributed by atoms with Gasteiger partial charge in [0.15, 0.2) is 11.5 Å². The highest BCUT2D eigenvalue weighted by Crippen LogP contribution is 2.47. The van der Waals surface area contributed by atoms with Crippen molar-refractivity contribution in [3.8, 4) is 0 Å². The Balaban J connectivity index is 1.54. The molecule has 148 valence electrons. The van der Waals surface area contributed by atoms with Gasteiger partial charge in [0.2, 0.25) is 0 Å². The number of rotatable bonds is 3. The van der Waals surface area contributed by atoms with Crippen LogP contribution in [-0.2, 0) is 19.1 Å². The molecular formula is C22H24FNO4. The van der Waals surface area contributed by atoms with Crippen LogP contribution in [0.2, 0.25) is 0 Å². The highest BCUT2D eigenvalue weighted by atomic mass is 19.1. The van der Waals surface area contributed by atoms with E-state index >= 15 is 0 Å². The molecule has 0 radical (unpaired) electrons. The van der Waals surface area contributed by atoms with Gasteiger partial charge in [-0.25, -0.2) is 4.39 Å². The fourth-order valence-electron chi connectivity index (χ4n) is 5.04. The van der Waals surface area contributed by atoms with Gasteiger partial charge in [-0.3, -0.25) is 9.59 Å². The van der Waals surface area contributed by atoms with Crippen LogP contribution < -0.4 is 0 Å². The van der Waals surface area contributed by atoms with Crippen molar-refractivity contribution in [2.45, 2.75) is 56.5 Å². The molecule has 1 aromatic rings. The van der Waals surface area contributed by atoms with Gasteiger partial charge < -0.3 is 14.4 Å². The first-order valence-electron chi connectivity index (χ1n) is 10.2. The van der Waals surface area contributed by atoms with Crippen LogP contribution in [0.1, 0.15) is 43.7 Å². The predicted molar refractivity (Wildman–Crippen MR) is 99.0 cm³/mol. The van der Waals surface area contributed by atoms with Crippen molar-refractivity contribution >= 4 is 11.7 Å². The third-order valence-corrected chi connectivity index (χ3v) is 6.42. The molecule has 5 nitrogen and oxygen atoms in total. The number of ketones is 1. The lowest BCUT2D eigenvalue weighted by molar-refractivity contribution is -0.137. The number of Topliss-reactive ketones (excluding diaryl/α,β-unsaturated/α-hetero) is 1. The third kappa shape index (κ3) is 2.85. The zero-order chi connectivity index (χ0) is 19.3. The lowest BCUT2D eigenvalue weighted by Crippen LogP contribution is -2.42. The first-order chi connectivity index (χ1) is 13.6. The number of benzene rings is 1. The molecular weight excluding hydrogens is 361 g/mol. The summed E-state index contributed by atoms with van der Waals surface area (Å²) in [5.41, 5.74) is 1.28. The molecule has 0 bridgehead atoms. The molecule has 0 spiro atoms. The molecule has 28 heavy (non-hydrogen) atoms. The molecule has 5 unspecified atom stereocenters. The van der Waals surface area contributed by atoms with Crippen LogP contribution in [0.25, 0.3) is 0 Å². The van der Waals surface area contributed by atoms with Crippen LogP contribution in [0, 0.1) is 5.92 Å². The highest BCUT2D eigenvalue weighted by molar-refractivity contribution is 6.11. The second kappa shape index (κ2) is 6.99. The van der Waals surface area contributed by atoms with Gasteiger partial charge in [0.05, 0.1) is 23.6 Å². The fraction of sp³-hybridized carbons (Fsp3) is 0.545. The lowest BCUT2D eigenvalue weighted by Gasteiger charge is -2.36. The van der Waals surface area contributed by atoms with Crippen molar-refractivity contribution in [3.05, 3.63) is 47.2 Å². The number of alkyl halides is 1. The minimum atomic E-state index is -0.980. The van der Waals surface area contributed by atoms with Gasteiger partial charge in [-0.1, -0.05) is 30.3 Å². The van der Waals surface area contributed by atoms with Crippen LogP contribution in [0.4, 0.5) is 4.39 Å². The number of halogens is 1. The quantitative estimate of drug-likeness (QED) is 0.802. The summed E-state index contributed by atoms with van der Waals surface area (Å²) in [4.78, 5) is 28.4. The van der Waals surface area contributed by atoms with E-state index in [1.54, 1.807) is 4.90 Å². The van der Waals surface area contributed by atoms with E-state index in [9.17, 15) is 14.0 Å². The van der Waals surface area contributed by atoms with Crippen LogP contribution in [0.3, 0.4) is 0 Å². The molecule has 1 aliphatic carbocycles. The number of carbonyl (C=O) groups excluding carboxylic acids is 2. The van der Waals surface area contributed by atoms with E-state index < -0.39 is 18.1 Å². The molecule has 5 atom stereocenters. The summed E-state index contributed by atoms with van der Waals surface area (Å²) < 4.78 is 25.8. The maximum atomic E-state index is 14.0. The van der Waals surface area contributed by atoms with E-state index in [1.807, 2.05) is 30.3 Å². The number of nitrogens with zero attached hydrogens (tertiary/aromatic N) is 1. The fourth-order valence-corrected chi connectivity index (χ4v) is 5.04. The first kappa shape index (κ1) is 17.9. The van der Waals surface area contributed by atoms with E-state index in [-0.39, 0.29) is 36.1 Å². The van der Waals surface area contributed by atoms with Gasteiger partial charge in [0, 0.05) is 13.2 Å². The Morgan fingerprint density at radius 3 is 2.68 bits per heavy atom. The molecule has 1 saturated heterocycles. The van der Waals surface area contributed by atoms with Gasteiger partial charge >= 0.3 is 0 Å². The summed E-state index contributed by atoms with van der Waals surface area (Å²) in [6, 6.07) is 9.07. The molecule has 2 fully saturated rings. The minimum Gasteiger partial charge on any atom is -0.483 e. The van der Waals surface area contributed by atoms with Gasteiger partial charge in [0.1, 0.15) is 12.3 Å². The Morgan fingerprint density at radius 2 is 1.93 bits per heavy atom. The molecule has 0 N–H and O–H groups in total. The van der Waals surface area contributed by atoms with E-state index in [0.29, 0.717) is 31.6 Å². The van der Waals surface area contributed by atoms with Crippen molar-refractivity contribution in [2.24, 2.45) is 5.92 Å². The van der Waals surface area contributed by atoms with Crippen LogP contribution in [0.5, 0.6) is 0 Å². The Morgan fingerprint density at radius 1 is 1.11 bits per heavy atom. The summed E-state index contributed by atoms with van der Waals surface area (Å²) in [5, 5.41) is 0. The van der Waals surface area contributed by atoms with Crippen molar-refractivity contribution in [1.82, 2.24) is 4.90 Å². The summed E-state index contributed by atoms with van der Waals surface area (Å²) in [6.45, 7) is 1.14. The molecule has 0 aromatic heterocycles. The van der Waals surface area contributed by atoms with E-state index in [0.717, 1.165) is 18.4 Å². The third-order valence-electron chi connectivity index (χ3n) is 6.42. The second-order valence-corrected chi connectivity index (χ2v) is 8.19. The van der Waals surface area contributed by atoms with Crippen LogP contribution in [-0.4, -0.2) is 48.1 Å². The minimum absolute atomic E-state index is 0.0240. The average Bonchev–Trinajstić information content (AvgIpc) is 3.31. The number of amides is 1. The molecule has 3 aliphatic heterocycles. The molecule has 1 saturated carbocycles. The summed E-state index contributed by atoms with van der Waals surface area (Å²) in [7, 11) is 0. The Kier molecular flexibility index (Phi) is 4.46. The molecule has 1 amide bonds. The van der Waals surface area contributed by atoms with Crippen molar-refractivity contribution in [1.29, 1.82) is 0 Å². The first-order valence-corrected chi connectivity index (χ1v) is 10.2. The normalized spacial score (nSPS) is 35.0. The van der Waals surface area contributed by atoms with Crippen LogP contribution >= 0.6 is 0 Å². The number of carbonyl (C=O) groups is 2. The molecule has 1 aromatic carbocycles. The topological polar surface area (TPSA) is 55.8 Å². The zero-order valence-electron chi connectivity index (χ0n) is 15.7. The summed E-state index contributed by atoms with van der Waals surface area (Å²) in [6.07, 6.45) is 1.53. The van der Waals surface area contributed by atoms with Crippen molar-refractivity contribution < 1.29 is 23.5 Å². The summed E-state index contributed by atoms with van der Waals surface area (Å²) >= 11 is 0. The number of hydrogen-bond donors (Lipinski definition) is 0. The average molecular weight is 385 g/mol. The number of fused-ring (bicyclic) bond motifs is 1. The maximum absolute atomic E-state index is 14.0. The predicted octanol–water partition coefficient (Wildman–Crippen LogP) is 3.11. The van der Waals surface area contributed by atoms with E-state index in [1.165, 1.54) is 0 Å². The smallest absolute Gasteiger partial charge is 0.290 e. The molecule has 3 heterocycles. The Bertz CT molecular complexity index is 817. The van der Waals surface area contributed by atoms with E-state index in [4.69, 9.17) is 9.47 Å². The zero-order valence-corrected chi connectivity index (χ0v) is 15.7. The van der Waals surface area contributed by atoms with Crippen LogP contribution in [0.15, 0.2) is 41.7 Å². The monoisotopic (exact) mass is 385 g/mol. The molecule has 5 rings (SSSR count). The van der Waals surface area contributed by atoms with Crippen molar-refractivity contribution in [3.63, 3.8) is 0 Å². The lowest BCUT2D eigenvalue weighted by atomic mass is 9.77. The maximum Gasteiger partial charge on any atom is 0.290 e. The molecule has 6 heteroatoms. The Hall–Kier alpha value is -2.21. The van der Waals surface area contributed by atoms with Gasteiger partial charge in [0.25, 0.3) is 5.91 Å². The van der Waals surface area contributed by atoms with E-state index in [2.05, 4.69) is 0 Å². The van der Waals surface area contributed by atoms with Gasteiger partial charge in [-0.15, -0.1) is 0 Å². The highest BCUT2D eigenvalue weighted by Gasteiger charge is 2.53. The SMILES string of the molecule is O=C1C2=C(OC3CCC(F)CC13)C(=O)N(CC1CCCO1)C2c1ccccc1. The van der Waals surface area contributed by atoms with Gasteiger partial charge in [-0.05, 0) is 37.7 Å². The van der Waals surface area contributed by atoms with Gasteiger partial charge in [-0.2, -0.15) is 0 Å². The summed E-state index contributed by atoms with van der Waals surface area (Å²) in [5.74, 6) is -0.682. The largest absolute Gasteiger partial charge is 0.483 e. The number of ether oxygens (including phenoxy) is 2. The Labute approximate surface area is 163 Å². The molecule has 4 aliphatic rings.